The Labute approximate surface area is 147 Å². The van der Waals surface area contributed by atoms with Gasteiger partial charge in [-0.2, -0.15) is 0 Å². The molecule has 1 amide bonds. The topological polar surface area (TPSA) is 85.8 Å². The molecule has 0 aliphatic carbocycles. The molecule has 0 bridgehead atoms. The van der Waals surface area contributed by atoms with Crippen molar-refractivity contribution in [2.75, 3.05) is 5.75 Å². The van der Waals surface area contributed by atoms with Crippen molar-refractivity contribution in [3.63, 3.8) is 0 Å². The number of halogens is 1. The van der Waals surface area contributed by atoms with Crippen LogP contribution < -0.4 is 5.32 Å². The molecule has 7 nitrogen and oxygen atoms in total. The fraction of sp³-hybridized carbons (Fsp3) is 0.200. The van der Waals surface area contributed by atoms with E-state index in [0.717, 1.165) is 11.3 Å². The maximum atomic E-state index is 12.0. The van der Waals surface area contributed by atoms with E-state index in [1.165, 1.54) is 11.8 Å². The summed E-state index contributed by atoms with van der Waals surface area (Å²) in [5, 5.41) is 15.5. The van der Waals surface area contributed by atoms with Crippen molar-refractivity contribution in [2.45, 2.75) is 18.2 Å². The van der Waals surface area contributed by atoms with E-state index in [1.54, 1.807) is 23.1 Å². The molecule has 0 unspecified atom stereocenters. The lowest BCUT2D eigenvalue weighted by Gasteiger charge is -2.06. The highest BCUT2D eigenvalue weighted by Crippen LogP contribution is 2.15. The van der Waals surface area contributed by atoms with Gasteiger partial charge in [-0.15, -0.1) is 5.10 Å². The van der Waals surface area contributed by atoms with Gasteiger partial charge in [0.1, 0.15) is 12.3 Å². The number of amides is 1. The third kappa shape index (κ3) is 4.59. The summed E-state index contributed by atoms with van der Waals surface area (Å²) in [6, 6.07) is 11.0. The highest BCUT2D eigenvalue weighted by molar-refractivity contribution is 7.99. The molecule has 0 atom stereocenters. The van der Waals surface area contributed by atoms with Crippen molar-refractivity contribution >= 4 is 29.3 Å². The summed E-state index contributed by atoms with van der Waals surface area (Å²) in [5.41, 5.74) is 0.948. The Hall–Kier alpha value is -2.32. The van der Waals surface area contributed by atoms with Gasteiger partial charge < -0.3 is 9.73 Å². The molecule has 2 aromatic heterocycles. The molecule has 24 heavy (non-hydrogen) atoms. The van der Waals surface area contributed by atoms with E-state index < -0.39 is 0 Å². The molecule has 0 saturated carbocycles. The van der Waals surface area contributed by atoms with Crippen molar-refractivity contribution in [3.8, 4) is 0 Å². The Kier molecular flexibility index (Phi) is 5.50. The van der Waals surface area contributed by atoms with Gasteiger partial charge >= 0.3 is 0 Å². The predicted octanol–water partition coefficient (Wildman–Crippen LogP) is 2.38. The van der Waals surface area contributed by atoms with Gasteiger partial charge in [-0.05, 0) is 40.3 Å². The largest absolute Gasteiger partial charge is 0.467 e. The molecule has 0 saturated heterocycles. The standard InChI is InChI=1S/C15H14ClN5O2S/c16-12-4-1-3-11(7-12)8-17-14(22)10-24-15-18-19-20-21(15)9-13-5-2-6-23-13/h1-7H,8-10H2,(H,17,22). The lowest BCUT2D eigenvalue weighted by Crippen LogP contribution is -2.24. The fourth-order valence-corrected chi connectivity index (χ4v) is 2.90. The van der Waals surface area contributed by atoms with E-state index in [9.17, 15) is 4.79 Å². The second kappa shape index (κ2) is 7.98. The minimum absolute atomic E-state index is 0.104. The quantitative estimate of drug-likeness (QED) is 0.648. The molecule has 9 heteroatoms. The molecular weight excluding hydrogens is 350 g/mol. The number of rotatable bonds is 7. The predicted molar refractivity (Wildman–Crippen MR) is 89.6 cm³/mol. The summed E-state index contributed by atoms with van der Waals surface area (Å²) in [7, 11) is 0. The van der Waals surface area contributed by atoms with E-state index in [-0.39, 0.29) is 11.7 Å². The zero-order valence-electron chi connectivity index (χ0n) is 12.6. The molecule has 0 spiro atoms. The van der Waals surface area contributed by atoms with E-state index in [1.807, 2.05) is 24.3 Å². The average molecular weight is 364 g/mol. The molecule has 2 heterocycles. The SMILES string of the molecule is O=C(CSc1nnnn1Cc1ccco1)NCc1cccc(Cl)c1. The van der Waals surface area contributed by atoms with Crippen LogP contribution in [0.15, 0.2) is 52.2 Å². The van der Waals surface area contributed by atoms with Crippen LogP contribution in [0.25, 0.3) is 0 Å². The third-order valence-corrected chi connectivity index (χ3v) is 4.29. The second-order valence-electron chi connectivity index (χ2n) is 4.89. The number of hydrogen-bond acceptors (Lipinski definition) is 6. The maximum absolute atomic E-state index is 12.0. The molecular formula is C15H14ClN5O2S. The van der Waals surface area contributed by atoms with E-state index in [2.05, 4.69) is 20.8 Å². The molecule has 0 aliphatic heterocycles. The van der Waals surface area contributed by atoms with Gasteiger partial charge in [-0.25, -0.2) is 4.68 Å². The first-order valence-corrected chi connectivity index (χ1v) is 8.49. The van der Waals surface area contributed by atoms with Crippen LogP contribution >= 0.6 is 23.4 Å². The lowest BCUT2D eigenvalue weighted by molar-refractivity contribution is -0.118. The number of nitrogens with zero attached hydrogens (tertiary/aromatic N) is 4. The van der Waals surface area contributed by atoms with Crippen LogP contribution in [0.5, 0.6) is 0 Å². The van der Waals surface area contributed by atoms with E-state index in [4.69, 9.17) is 16.0 Å². The molecule has 124 valence electrons. The summed E-state index contributed by atoms with van der Waals surface area (Å²) in [6.07, 6.45) is 1.59. The maximum Gasteiger partial charge on any atom is 0.230 e. The third-order valence-electron chi connectivity index (χ3n) is 3.10. The number of carbonyl (C=O) groups excluding carboxylic acids is 1. The molecule has 1 aromatic carbocycles. The summed E-state index contributed by atoms with van der Waals surface area (Å²) >= 11 is 7.18. The van der Waals surface area contributed by atoms with Crippen molar-refractivity contribution in [1.82, 2.24) is 25.5 Å². The fourth-order valence-electron chi connectivity index (χ4n) is 1.98. The normalized spacial score (nSPS) is 10.7. The second-order valence-corrected chi connectivity index (χ2v) is 6.27. The average Bonchev–Trinajstić information content (AvgIpc) is 3.23. The first kappa shape index (κ1) is 16.5. The number of hydrogen-bond donors (Lipinski definition) is 1. The monoisotopic (exact) mass is 363 g/mol. The van der Waals surface area contributed by atoms with Crippen LogP contribution in [0.3, 0.4) is 0 Å². The van der Waals surface area contributed by atoms with Crippen molar-refractivity contribution in [1.29, 1.82) is 0 Å². The van der Waals surface area contributed by atoms with Crippen LogP contribution in [0.4, 0.5) is 0 Å². The van der Waals surface area contributed by atoms with Crippen LogP contribution in [-0.2, 0) is 17.9 Å². The first-order chi connectivity index (χ1) is 11.7. The van der Waals surface area contributed by atoms with Crippen LogP contribution in [0.1, 0.15) is 11.3 Å². The van der Waals surface area contributed by atoms with E-state index >= 15 is 0 Å². The zero-order chi connectivity index (χ0) is 16.8. The number of aromatic nitrogens is 4. The number of thioether (sulfide) groups is 1. The molecule has 0 aliphatic rings. The smallest absolute Gasteiger partial charge is 0.230 e. The summed E-state index contributed by atoms with van der Waals surface area (Å²) in [5.74, 6) is 0.862. The first-order valence-electron chi connectivity index (χ1n) is 7.13. The van der Waals surface area contributed by atoms with Crippen molar-refractivity contribution in [2.24, 2.45) is 0 Å². The molecule has 3 rings (SSSR count). The van der Waals surface area contributed by atoms with Gasteiger partial charge in [0.2, 0.25) is 11.1 Å². The number of benzene rings is 1. The Bertz CT molecular complexity index is 806. The van der Waals surface area contributed by atoms with Gasteiger partial charge in [0.05, 0.1) is 12.0 Å². The lowest BCUT2D eigenvalue weighted by atomic mass is 10.2. The Balaban J connectivity index is 1.49. The zero-order valence-corrected chi connectivity index (χ0v) is 14.1. The van der Waals surface area contributed by atoms with Gasteiger partial charge in [0.25, 0.3) is 0 Å². The number of furan rings is 1. The summed E-state index contributed by atoms with van der Waals surface area (Å²) < 4.78 is 6.86. The molecule has 0 fully saturated rings. The van der Waals surface area contributed by atoms with Gasteiger partial charge in [0.15, 0.2) is 0 Å². The summed E-state index contributed by atoms with van der Waals surface area (Å²) in [6.45, 7) is 0.851. The van der Waals surface area contributed by atoms with Gasteiger partial charge in [-0.3, -0.25) is 4.79 Å². The number of tetrazole rings is 1. The molecule has 3 aromatic rings. The minimum Gasteiger partial charge on any atom is -0.467 e. The van der Waals surface area contributed by atoms with Gasteiger partial charge in [-0.1, -0.05) is 35.5 Å². The van der Waals surface area contributed by atoms with E-state index in [0.29, 0.717) is 23.3 Å². The van der Waals surface area contributed by atoms with Crippen LogP contribution in [-0.4, -0.2) is 31.9 Å². The van der Waals surface area contributed by atoms with Crippen molar-refractivity contribution in [3.05, 3.63) is 59.0 Å². The summed E-state index contributed by atoms with van der Waals surface area (Å²) in [4.78, 5) is 12.0. The number of carbonyl (C=O) groups is 1. The number of nitrogens with one attached hydrogen (secondary N) is 1. The Morgan fingerprint density at radius 1 is 1.33 bits per heavy atom. The van der Waals surface area contributed by atoms with Crippen molar-refractivity contribution < 1.29 is 9.21 Å². The Morgan fingerprint density at radius 3 is 3.04 bits per heavy atom. The van der Waals surface area contributed by atoms with Crippen LogP contribution in [0.2, 0.25) is 5.02 Å². The van der Waals surface area contributed by atoms with Gasteiger partial charge in [0, 0.05) is 11.6 Å². The highest BCUT2D eigenvalue weighted by Gasteiger charge is 2.11. The molecule has 0 radical (unpaired) electrons. The highest BCUT2D eigenvalue weighted by atomic mass is 35.5. The van der Waals surface area contributed by atoms with Crippen LogP contribution in [0, 0.1) is 0 Å². The Morgan fingerprint density at radius 2 is 2.25 bits per heavy atom. The molecule has 1 N–H and O–H groups in total. The minimum atomic E-state index is -0.104.